The van der Waals surface area contributed by atoms with Crippen molar-refractivity contribution in [2.24, 2.45) is 5.10 Å². The smallest absolute Gasteiger partial charge is 0.326 e. The Morgan fingerprint density at radius 3 is 2.47 bits per heavy atom. The lowest BCUT2D eigenvalue weighted by atomic mass is 9.92. The summed E-state index contributed by atoms with van der Waals surface area (Å²) < 4.78 is 0. The van der Waals surface area contributed by atoms with Gasteiger partial charge in [-0.1, -0.05) is 12.1 Å². The van der Waals surface area contributed by atoms with Crippen LogP contribution < -0.4 is 10.2 Å². The van der Waals surface area contributed by atoms with E-state index in [2.05, 4.69) is 16.5 Å². The van der Waals surface area contributed by atoms with E-state index >= 15 is 0 Å². The molecule has 0 radical (unpaired) electrons. The number of nitrogens with zero attached hydrogens (tertiary/aromatic N) is 4. The summed E-state index contributed by atoms with van der Waals surface area (Å²) in [6.45, 7) is 4.89. The molecule has 30 heavy (non-hydrogen) atoms. The van der Waals surface area contributed by atoms with E-state index in [-0.39, 0.29) is 18.2 Å². The second kappa shape index (κ2) is 6.81. The first-order valence-electron chi connectivity index (χ1n) is 9.39. The molecule has 150 valence electrons. The number of urea groups is 1. The van der Waals surface area contributed by atoms with Crippen molar-refractivity contribution in [3.05, 3.63) is 59.2 Å². The van der Waals surface area contributed by atoms with Crippen molar-refractivity contribution < 1.29 is 14.4 Å². The van der Waals surface area contributed by atoms with Crippen molar-refractivity contribution in [3.63, 3.8) is 0 Å². The third kappa shape index (κ3) is 2.92. The second-order valence-electron chi connectivity index (χ2n) is 7.60. The topological polar surface area (TPSA) is 106 Å². The maximum atomic E-state index is 13.2. The van der Waals surface area contributed by atoms with Crippen LogP contribution in [0.3, 0.4) is 0 Å². The van der Waals surface area contributed by atoms with Gasteiger partial charge in [-0.25, -0.2) is 9.69 Å². The van der Waals surface area contributed by atoms with Gasteiger partial charge in [-0.2, -0.15) is 15.4 Å². The van der Waals surface area contributed by atoms with E-state index < -0.39 is 11.6 Å². The zero-order valence-corrected chi connectivity index (χ0v) is 16.8. The van der Waals surface area contributed by atoms with Crippen LogP contribution in [0.2, 0.25) is 0 Å². The lowest BCUT2D eigenvalue weighted by molar-refractivity contribution is -0.123. The average Bonchev–Trinajstić information content (AvgIpc) is 3.14. The third-order valence-corrected chi connectivity index (χ3v) is 5.36. The van der Waals surface area contributed by atoms with Crippen LogP contribution in [0.4, 0.5) is 16.2 Å². The number of nitriles is 1. The number of amides is 4. The summed E-state index contributed by atoms with van der Waals surface area (Å²) in [6, 6.07) is 13.5. The Morgan fingerprint density at radius 2 is 1.90 bits per heavy atom. The van der Waals surface area contributed by atoms with Crippen molar-refractivity contribution >= 4 is 34.9 Å². The summed E-state index contributed by atoms with van der Waals surface area (Å²) in [4.78, 5) is 38.5. The van der Waals surface area contributed by atoms with Crippen LogP contribution in [0, 0.1) is 18.3 Å². The molecule has 1 saturated heterocycles. The zero-order valence-electron chi connectivity index (χ0n) is 16.8. The van der Waals surface area contributed by atoms with Gasteiger partial charge in [-0.05, 0) is 55.3 Å². The van der Waals surface area contributed by atoms with Gasteiger partial charge in [0.2, 0.25) is 5.91 Å². The number of hydrogen-bond donors (Lipinski definition) is 1. The zero-order chi connectivity index (χ0) is 21.6. The number of rotatable bonds is 3. The predicted molar refractivity (Wildman–Crippen MR) is 111 cm³/mol. The molecule has 4 rings (SSSR count). The molecule has 8 nitrogen and oxygen atoms in total. The van der Waals surface area contributed by atoms with Crippen molar-refractivity contribution in [2.45, 2.75) is 32.7 Å². The largest absolute Gasteiger partial charge is 0.352 e. The summed E-state index contributed by atoms with van der Waals surface area (Å²) in [6.07, 6.45) is 0.281. The second-order valence-corrected chi connectivity index (χ2v) is 7.60. The number of hydrogen-bond acceptors (Lipinski definition) is 5. The number of imide groups is 1. The van der Waals surface area contributed by atoms with Gasteiger partial charge in [0.1, 0.15) is 0 Å². The van der Waals surface area contributed by atoms with Crippen molar-refractivity contribution in [1.82, 2.24) is 5.01 Å². The first-order valence-corrected chi connectivity index (χ1v) is 9.39. The molecule has 2 aliphatic rings. The number of benzene rings is 2. The lowest BCUT2D eigenvalue weighted by Crippen LogP contribution is -2.42. The molecule has 0 saturated carbocycles. The van der Waals surface area contributed by atoms with E-state index in [1.54, 1.807) is 56.3 Å². The Morgan fingerprint density at radius 1 is 1.20 bits per heavy atom. The Bertz CT molecular complexity index is 1160. The number of aryl methyl sites for hydroxylation is 1. The van der Waals surface area contributed by atoms with Gasteiger partial charge in [0.15, 0.2) is 5.54 Å². The quantitative estimate of drug-likeness (QED) is 0.797. The minimum absolute atomic E-state index is 0.163. The Hall–Kier alpha value is -3.99. The molecule has 2 heterocycles. The maximum Gasteiger partial charge on any atom is 0.352 e. The molecular formula is C22H19N5O3. The fourth-order valence-corrected chi connectivity index (χ4v) is 3.76. The molecule has 0 aliphatic carbocycles. The molecule has 4 amide bonds. The molecular weight excluding hydrogens is 382 g/mol. The molecule has 1 atom stereocenters. The maximum absolute atomic E-state index is 13.2. The number of fused-ring (bicyclic) bond motifs is 1. The van der Waals surface area contributed by atoms with Gasteiger partial charge in [-0.15, -0.1) is 0 Å². The van der Waals surface area contributed by atoms with Gasteiger partial charge in [0.25, 0.3) is 5.91 Å². The van der Waals surface area contributed by atoms with Crippen molar-refractivity contribution in [2.75, 3.05) is 10.2 Å². The summed E-state index contributed by atoms with van der Waals surface area (Å²) >= 11 is 0. The first-order chi connectivity index (χ1) is 14.2. The standard InChI is InChI=1S/C22H19N5O3/c1-13-10-18(9-6-16(13)12-23)26-20(29)22(3)11-19(25-27(22)21(26)30)15-4-7-17(8-5-15)24-14(2)28/h4-10H,11H2,1-3H3,(H,24,28). The fourth-order valence-electron chi connectivity index (χ4n) is 3.76. The normalized spacial score (nSPS) is 20.1. The van der Waals surface area contributed by atoms with Crippen LogP contribution in [-0.2, 0) is 9.59 Å². The number of carbonyl (C=O) groups is 3. The van der Waals surface area contributed by atoms with Gasteiger partial charge < -0.3 is 5.32 Å². The van der Waals surface area contributed by atoms with Gasteiger partial charge in [0.05, 0.1) is 23.0 Å². The number of carbonyl (C=O) groups excluding carboxylic acids is 3. The number of hydrazone groups is 1. The van der Waals surface area contributed by atoms with Crippen LogP contribution in [0.5, 0.6) is 0 Å². The minimum atomic E-state index is -1.11. The third-order valence-electron chi connectivity index (χ3n) is 5.36. The van der Waals surface area contributed by atoms with E-state index in [0.29, 0.717) is 28.2 Å². The molecule has 1 unspecified atom stereocenters. The molecule has 0 aromatic heterocycles. The summed E-state index contributed by atoms with van der Waals surface area (Å²) in [7, 11) is 0. The van der Waals surface area contributed by atoms with Gasteiger partial charge >= 0.3 is 6.03 Å². The predicted octanol–water partition coefficient (Wildman–Crippen LogP) is 3.16. The SMILES string of the molecule is CC(=O)Nc1ccc(C2=NN3C(=O)N(c4ccc(C#N)c(C)c4)C(=O)C3(C)C2)cc1. The Balaban J connectivity index is 1.63. The first kappa shape index (κ1) is 19.3. The highest BCUT2D eigenvalue weighted by atomic mass is 16.2. The minimum Gasteiger partial charge on any atom is -0.326 e. The van der Waals surface area contributed by atoms with Gasteiger partial charge in [0, 0.05) is 19.0 Å². The summed E-state index contributed by atoms with van der Waals surface area (Å²) in [5, 5.41) is 17.5. The summed E-state index contributed by atoms with van der Waals surface area (Å²) in [5.41, 5.74) is 2.57. The lowest BCUT2D eigenvalue weighted by Gasteiger charge is -2.20. The molecule has 8 heteroatoms. The molecule has 1 fully saturated rings. The molecule has 2 aromatic carbocycles. The monoisotopic (exact) mass is 401 g/mol. The highest BCUT2D eigenvalue weighted by molar-refractivity contribution is 6.26. The summed E-state index contributed by atoms with van der Waals surface area (Å²) in [5.74, 6) is -0.520. The molecule has 2 aromatic rings. The molecule has 0 bridgehead atoms. The van der Waals surface area contributed by atoms with Crippen LogP contribution in [0.1, 0.15) is 37.0 Å². The molecule has 0 spiro atoms. The van der Waals surface area contributed by atoms with Crippen LogP contribution in [-0.4, -0.2) is 34.1 Å². The van der Waals surface area contributed by atoms with E-state index in [1.807, 2.05) is 0 Å². The van der Waals surface area contributed by atoms with Crippen LogP contribution in [0.25, 0.3) is 0 Å². The van der Waals surface area contributed by atoms with Gasteiger partial charge in [-0.3, -0.25) is 9.59 Å². The Kier molecular flexibility index (Phi) is 4.39. The Labute approximate surface area is 173 Å². The van der Waals surface area contributed by atoms with E-state index in [1.165, 1.54) is 11.9 Å². The van der Waals surface area contributed by atoms with Crippen LogP contribution >= 0.6 is 0 Å². The van der Waals surface area contributed by atoms with Crippen molar-refractivity contribution in [3.8, 4) is 6.07 Å². The van der Waals surface area contributed by atoms with Crippen LogP contribution in [0.15, 0.2) is 47.6 Å². The van der Waals surface area contributed by atoms with E-state index in [4.69, 9.17) is 5.26 Å². The highest BCUT2D eigenvalue weighted by Crippen LogP contribution is 2.40. The van der Waals surface area contributed by atoms with E-state index in [9.17, 15) is 14.4 Å². The van der Waals surface area contributed by atoms with Crippen molar-refractivity contribution in [1.29, 1.82) is 5.26 Å². The molecule has 2 aliphatic heterocycles. The molecule has 1 N–H and O–H groups in total. The number of nitrogens with one attached hydrogen (secondary N) is 1. The fraction of sp³-hybridized carbons (Fsp3) is 0.227. The average molecular weight is 401 g/mol. The highest BCUT2D eigenvalue weighted by Gasteiger charge is 2.59. The number of anilines is 2. The van der Waals surface area contributed by atoms with E-state index in [0.717, 1.165) is 10.5 Å².